The second-order valence-corrected chi connectivity index (χ2v) is 4.90. The maximum absolute atomic E-state index is 11.5. The quantitative estimate of drug-likeness (QED) is 0.713. The summed E-state index contributed by atoms with van der Waals surface area (Å²) in [7, 11) is 0. The molecule has 17 heavy (non-hydrogen) atoms. The maximum atomic E-state index is 11.5. The van der Waals surface area contributed by atoms with Crippen LogP contribution in [0.2, 0.25) is 0 Å². The van der Waals surface area contributed by atoms with E-state index in [-0.39, 0.29) is 24.0 Å². The Hall–Kier alpha value is -0.650. The summed E-state index contributed by atoms with van der Waals surface area (Å²) in [6, 6.07) is -0.278. The van der Waals surface area contributed by atoms with Gasteiger partial charge in [-0.2, -0.15) is 0 Å². The molecule has 3 N–H and O–H groups in total. The normalized spacial score (nSPS) is 31.3. The predicted octanol–water partition coefficient (Wildman–Crippen LogP) is 0.0355. The third kappa shape index (κ3) is 3.66. The molecule has 0 aromatic carbocycles. The van der Waals surface area contributed by atoms with Crippen molar-refractivity contribution in [3.63, 3.8) is 0 Å². The van der Waals surface area contributed by atoms with Crippen LogP contribution < -0.4 is 11.1 Å². The molecule has 0 bridgehead atoms. The van der Waals surface area contributed by atoms with Crippen molar-refractivity contribution < 1.29 is 14.3 Å². The molecule has 0 aliphatic carbocycles. The summed E-state index contributed by atoms with van der Waals surface area (Å²) < 4.78 is 10.9. The Morgan fingerprint density at radius 1 is 1.35 bits per heavy atom. The molecule has 0 saturated carbocycles. The van der Waals surface area contributed by atoms with E-state index in [0.29, 0.717) is 13.2 Å². The number of hydrogen-bond acceptors (Lipinski definition) is 4. The molecular weight excluding hydrogens is 220 g/mol. The van der Waals surface area contributed by atoms with Crippen molar-refractivity contribution in [2.45, 2.75) is 37.8 Å². The molecule has 98 valence electrons. The standard InChI is InChI=1S/C12H22N2O3/c13-12(15)11(9-3-1-5-16-8-9)14-7-10-4-2-6-17-10/h9-11,14H,1-8H2,(H2,13,15). The van der Waals surface area contributed by atoms with Crippen molar-refractivity contribution in [3.05, 3.63) is 0 Å². The molecule has 5 nitrogen and oxygen atoms in total. The topological polar surface area (TPSA) is 73.6 Å². The largest absolute Gasteiger partial charge is 0.381 e. The van der Waals surface area contributed by atoms with Gasteiger partial charge >= 0.3 is 0 Å². The number of carbonyl (C=O) groups is 1. The first-order chi connectivity index (χ1) is 8.27. The SMILES string of the molecule is NC(=O)C(NCC1CCCO1)C1CCCOC1. The number of rotatable bonds is 5. The summed E-state index contributed by atoms with van der Waals surface area (Å²) in [5.74, 6) is -0.0684. The van der Waals surface area contributed by atoms with Crippen LogP contribution in [0.1, 0.15) is 25.7 Å². The third-order valence-electron chi connectivity index (χ3n) is 3.56. The molecule has 2 aliphatic heterocycles. The Kier molecular flexibility index (Phi) is 4.76. The van der Waals surface area contributed by atoms with Crippen molar-refractivity contribution in [1.82, 2.24) is 5.32 Å². The van der Waals surface area contributed by atoms with Gasteiger partial charge in [0.25, 0.3) is 0 Å². The summed E-state index contributed by atoms with van der Waals surface area (Å²) in [6.45, 7) is 2.98. The molecule has 1 amide bonds. The minimum absolute atomic E-state index is 0.211. The molecule has 2 aliphatic rings. The molecule has 2 saturated heterocycles. The van der Waals surface area contributed by atoms with Gasteiger partial charge in [0, 0.05) is 25.7 Å². The summed E-state index contributed by atoms with van der Waals surface area (Å²) >= 11 is 0. The van der Waals surface area contributed by atoms with Crippen molar-refractivity contribution in [2.24, 2.45) is 11.7 Å². The van der Waals surface area contributed by atoms with Crippen LogP contribution in [0.15, 0.2) is 0 Å². The van der Waals surface area contributed by atoms with Crippen LogP contribution in [0, 0.1) is 5.92 Å². The van der Waals surface area contributed by atoms with Gasteiger partial charge in [-0.25, -0.2) is 0 Å². The number of nitrogens with two attached hydrogens (primary N) is 1. The molecule has 2 fully saturated rings. The second-order valence-electron chi connectivity index (χ2n) is 4.90. The number of ether oxygens (including phenoxy) is 2. The van der Waals surface area contributed by atoms with Gasteiger partial charge in [-0.15, -0.1) is 0 Å². The molecule has 3 unspecified atom stereocenters. The Morgan fingerprint density at radius 3 is 2.76 bits per heavy atom. The van der Waals surface area contributed by atoms with E-state index >= 15 is 0 Å². The first-order valence-corrected chi connectivity index (χ1v) is 6.49. The smallest absolute Gasteiger partial charge is 0.234 e. The molecule has 0 spiro atoms. The van der Waals surface area contributed by atoms with Crippen LogP contribution in [0.25, 0.3) is 0 Å². The Morgan fingerprint density at radius 2 is 2.18 bits per heavy atom. The van der Waals surface area contributed by atoms with Gasteiger partial charge in [0.05, 0.1) is 18.8 Å². The highest BCUT2D eigenvalue weighted by molar-refractivity contribution is 5.80. The lowest BCUT2D eigenvalue weighted by molar-refractivity contribution is -0.122. The van der Waals surface area contributed by atoms with E-state index < -0.39 is 0 Å². The molecule has 3 atom stereocenters. The molecule has 2 heterocycles. The third-order valence-corrected chi connectivity index (χ3v) is 3.56. The van der Waals surface area contributed by atoms with Crippen molar-refractivity contribution in [3.8, 4) is 0 Å². The van der Waals surface area contributed by atoms with Gasteiger partial charge in [0.2, 0.25) is 5.91 Å². The Balaban J connectivity index is 1.80. The first-order valence-electron chi connectivity index (χ1n) is 6.49. The first kappa shape index (κ1) is 12.8. The number of amides is 1. The van der Waals surface area contributed by atoms with E-state index in [1.165, 1.54) is 0 Å². The van der Waals surface area contributed by atoms with Gasteiger partial charge in [-0.3, -0.25) is 4.79 Å². The van der Waals surface area contributed by atoms with E-state index in [9.17, 15) is 4.79 Å². The molecule has 2 rings (SSSR count). The maximum Gasteiger partial charge on any atom is 0.234 e. The zero-order valence-electron chi connectivity index (χ0n) is 10.2. The number of primary amides is 1. The minimum atomic E-state index is -0.279. The lowest BCUT2D eigenvalue weighted by atomic mass is 9.93. The van der Waals surface area contributed by atoms with Crippen molar-refractivity contribution in [1.29, 1.82) is 0 Å². The summed E-state index contributed by atoms with van der Waals surface area (Å²) in [5, 5.41) is 3.25. The van der Waals surface area contributed by atoms with Gasteiger partial charge in [-0.05, 0) is 25.7 Å². The van der Waals surface area contributed by atoms with E-state index in [1.54, 1.807) is 0 Å². The van der Waals surface area contributed by atoms with E-state index in [4.69, 9.17) is 15.2 Å². The van der Waals surface area contributed by atoms with Crippen molar-refractivity contribution in [2.75, 3.05) is 26.4 Å². The fraction of sp³-hybridized carbons (Fsp3) is 0.917. The molecule has 5 heteroatoms. The van der Waals surface area contributed by atoms with Gasteiger partial charge in [0.1, 0.15) is 0 Å². The summed E-state index contributed by atoms with van der Waals surface area (Å²) in [4.78, 5) is 11.5. The fourth-order valence-corrected chi connectivity index (χ4v) is 2.59. The lowest BCUT2D eigenvalue weighted by Crippen LogP contribution is -2.50. The molecular formula is C12H22N2O3. The highest BCUT2D eigenvalue weighted by atomic mass is 16.5. The minimum Gasteiger partial charge on any atom is -0.381 e. The zero-order chi connectivity index (χ0) is 12.1. The number of nitrogens with one attached hydrogen (secondary N) is 1. The second kappa shape index (κ2) is 6.33. The summed E-state index contributed by atoms with van der Waals surface area (Å²) in [5.41, 5.74) is 5.45. The number of hydrogen-bond donors (Lipinski definition) is 2. The average molecular weight is 242 g/mol. The predicted molar refractivity (Wildman–Crippen MR) is 63.5 cm³/mol. The average Bonchev–Trinajstić information content (AvgIpc) is 2.83. The van der Waals surface area contributed by atoms with Crippen LogP contribution in [0.4, 0.5) is 0 Å². The monoisotopic (exact) mass is 242 g/mol. The van der Waals surface area contributed by atoms with Crippen LogP contribution >= 0.6 is 0 Å². The van der Waals surface area contributed by atoms with Crippen LogP contribution in [0.3, 0.4) is 0 Å². The Bertz CT molecular complexity index is 248. The van der Waals surface area contributed by atoms with E-state index in [0.717, 1.165) is 38.9 Å². The summed E-state index contributed by atoms with van der Waals surface area (Å²) in [6.07, 6.45) is 4.43. The molecule has 0 radical (unpaired) electrons. The van der Waals surface area contributed by atoms with Gasteiger partial charge in [0.15, 0.2) is 0 Å². The van der Waals surface area contributed by atoms with Crippen LogP contribution in [-0.4, -0.2) is 44.4 Å². The van der Waals surface area contributed by atoms with Gasteiger partial charge < -0.3 is 20.5 Å². The van der Waals surface area contributed by atoms with Crippen molar-refractivity contribution >= 4 is 5.91 Å². The number of carbonyl (C=O) groups excluding carboxylic acids is 1. The highest BCUT2D eigenvalue weighted by Gasteiger charge is 2.29. The lowest BCUT2D eigenvalue weighted by Gasteiger charge is -2.29. The van der Waals surface area contributed by atoms with E-state index in [2.05, 4.69) is 5.32 Å². The van der Waals surface area contributed by atoms with Crippen LogP contribution in [-0.2, 0) is 14.3 Å². The van der Waals surface area contributed by atoms with Crippen LogP contribution in [0.5, 0.6) is 0 Å². The highest BCUT2D eigenvalue weighted by Crippen LogP contribution is 2.18. The van der Waals surface area contributed by atoms with Gasteiger partial charge in [-0.1, -0.05) is 0 Å². The molecule has 0 aromatic rings. The Labute approximate surface area is 102 Å². The van der Waals surface area contributed by atoms with E-state index in [1.807, 2.05) is 0 Å². The zero-order valence-corrected chi connectivity index (χ0v) is 10.2. The molecule has 0 aromatic heterocycles. The fourth-order valence-electron chi connectivity index (χ4n) is 2.59.